The number of nitrogens with one attached hydrogen (secondary N) is 1. The Morgan fingerprint density at radius 2 is 2.05 bits per heavy atom. The van der Waals surface area contributed by atoms with Gasteiger partial charge in [0.2, 0.25) is 0 Å². The summed E-state index contributed by atoms with van der Waals surface area (Å²) in [5.41, 5.74) is 1.94. The SMILES string of the molecule is O=C1OC(C(=O)NCc2cccc(F)c2)Cc2ccccc21. The molecule has 1 N–H and O–H groups in total. The van der Waals surface area contributed by atoms with Gasteiger partial charge < -0.3 is 10.1 Å². The van der Waals surface area contributed by atoms with Gasteiger partial charge in [-0.2, -0.15) is 0 Å². The van der Waals surface area contributed by atoms with Gasteiger partial charge in [0.15, 0.2) is 6.10 Å². The number of rotatable bonds is 3. The Hall–Kier alpha value is -2.69. The van der Waals surface area contributed by atoms with E-state index in [9.17, 15) is 14.0 Å². The van der Waals surface area contributed by atoms with E-state index in [0.29, 0.717) is 17.5 Å². The number of fused-ring (bicyclic) bond motifs is 1. The Labute approximate surface area is 126 Å². The third-order valence-corrected chi connectivity index (χ3v) is 3.54. The minimum Gasteiger partial charge on any atom is -0.448 e. The fraction of sp³-hybridized carbons (Fsp3) is 0.176. The third kappa shape index (κ3) is 2.98. The molecule has 0 saturated heterocycles. The molecular weight excluding hydrogens is 285 g/mol. The highest BCUT2D eigenvalue weighted by molar-refractivity contribution is 5.95. The first-order valence-corrected chi connectivity index (χ1v) is 6.94. The summed E-state index contributed by atoms with van der Waals surface area (Å²) in [5.74, 6) is -1.23. The van der Waals surface area contributed by atoms with Crippen LogP contribution in [0.15, 0.2) is 48.5 Å². The second kappa shape index (κ2) is 5.97. The van der Waals surface area contributed by atoms with Gasteiger partial charge in [0, 0.05) is 13.0 Å². The largest absolute Gasteiger partial charge is 0.448 e. The van der Waals surface area contributed by atoms with Gasteiger partial charge in [-0.1, -0.05) is 30.3 Å². The normalized spacial score (nSPS) is 16.6. The van der Waals surface area contributed by atoms with Gasteiger partial charge >= 0.3 is 5.97 Å². The lowest BCUT2D eigenvalue weighted by Gasteiger charge is -2.23. The fourth-order valence-corrected chi connectivity index (χ4v) is 2.43. The van der Waals surface area contributed by atoms with Crippen LogP contribution in [-0.2, 0) is 22.5 Å². The highest BCUT2D eigenvalue weighted by Crippen LogP contribution is 2.20. The van der Waals surface area contributed by atoms with E-state index in [1.165, 1.54) is 12.1 Å². The quantitative estimate of drug-likeness (QED) is 0.884. The lowest BCUT2D eigenvalue weighted by Crippen LogP contribution is -2.41. The number of esters is 1. The fourth-order valence-electron chi connectivity index (χ4n) is 2.43. The molecular formula is C17H14FNO3. The van der Waals surface area contributed by atoms with Crippen LogP contribution in [0.3, 0.4) is 0 Å². The van der Waals surface area contributed by atoms with Crippen molar-refractivity contribution in [2.75, 3.05) is 0 Å². The predicted octanol–water partition coefficient (Wildman–Crippen LogP) is 2.22. The summed E-state index contributed by atoms with van der Waals surface area (Å²) in [7, 11) is 0. The zero-order valence-corrected chi connectivity index (χ0v) is 11.7. The molecule has 1 amide bonds. The molecule has 0 aliphatic carbocycles. The second-order valence-corrected chi connectivity index (χ2v) is 5.10. The van der Waals surface area contributed by atoms with Crippen molar-refractivity contribution >= 4 is 11.9 Å². The van der Waals surface area contributed by atoms with E-state index in [-0.39, 0.29) is 18.3 Å². The molecule has 1 unspecified atom stereocenters. The Morgan fingerprint density at radius 3 is 2.86 bits per heavy atom. The highest BCUT2D eigenvalue weighted by Gasteiger charge is 2.30. The number of benzene rings is 2. The van der Waals surface area contributed by atoms with Gasteiger partial charge in [-0.05, 0) is 29.3 Å². The molecule has 0 bridgehead atoms. The molecule has 4 nitrogen and oxygen atoms in total. The molecule has 3 rings (SSSR count). The lowest BCUT2D eigenvalue weighted by molar-refractivity contribution is -0.130. The molecule has 0 saturated carbocycles. The Bertz CT molecular complexity index is 729. The highest BCUT2D eigenvalue weighted by atomic mass is 19.1. The summed E-state index contributed by atoms with van der Waals surface area (Å²) < 4.78 is 18.2. The topological polar surface area (TPSA) is 55.4 Å². The molecule has 5 heteroatoms. The number of carbonyl (C=O) groups excluding carboxylic acids is 2. The van der Waals surface area contributed by atoms with E-state index in [0.717, 1.165) is 5.56 Å². The average Bonchev–Trinajstić information content (AvgIpc) is 2.52. The van der Waals surface area contributed by atoms with E-state index in [4.69, 9.17) is 4.74 Å². The number of hydrogen-bond acceptors (Lipinski definition) is 3. The standard InChI is InChI=1S/C17H14FNO3/c18-13-6-3-4-11(8-13)10-19-16(20)15-9-12-5-1-2-7-14(12)17(21)22-15/h1-8,15H,9-10H2,(H,19,20). The summed E-state index contributed by atoms with van der Waals surface area (Å²) in [6.45, 7) is 0.187. The van der Waals surface area contributed by atoms with E-state index >= 15 is 0 Å². The summed E-state index contributed by atoms with van der Waals surface area (Å²) in [6.07, 6.45) is -0.507. The van der Waals surface area contributed by atoms with E-state index in [1.807, 2.05) is 12.1 Å². The van der Waals surface area contributed by atoms with Crippen LogP contribution in [0.2, 0.25) is 0 Å². The molecule has 112 valence electrons. The van der Waals surface area contributed by atoms with Crippen molar-refractivity contribution in [2.45, 2.75) is 19.1 Å². The second-order valence-electron chi connectivity index (χ2n) is 5.10. The van der Waals surface area contributed by atoms with E-state index in [2.05, 4.69) is 5.32 Å². The van der Waals surface area contributed by atoms with Crippen LogP contribution in [0.4, 0.5) is 4.39 Å². The van der Waals surface area contributed by atoms with Crippen molar-refractivity contribution in [3.05, 3.63) is 71.0 Å². The van der Waals surface area contributed by atoms with Crippen LogP contribution in [0.5, 0.6) is 0 Å². The van der Waals surface area contributed by atoms with Gasteiger partial charge in [-0.15, -0.1) is 0 Å². The summed E-state index contributed by atoms with van der Waals surface area (Å²) >= 11 is 0. The number of ether oxygens (including phenoxy) is 1. The summed E-state index contributed by atoms with van der Waals surface area (Å²) in [5, 5.41) is 2.66. The average molecular weight is 299 g/mol. The van der Waals surface area contributed by atoms with Gasteiger partial charge in [0.05, 0.1) is 5.56 Å². The molecule has 1 heterocycles. The smallest absolute Gasteiger partial charge is 0.339 e. The lowest BCUT2D eigenvalue weighted by atomic mass is 9.98. The van der Waals surface area contributed by atoms with E-state index < -0.39 is 12.1 Å². The van der Waals surface area contributed by atoms with Gasteiger partial charge in [-0.3, -0.25) is 4.79 Å². The van der Waals surface area contributed by atoms with Crippen LogP contribution in [0.1, 0.15) is 21.5 Å². The van der Waals surface area contributed by atoms with Crippen LogP contribution in [-0.4, -0.2) is 18.0 Å². The Morgan fingerprint density at radius 1 is 1.23 bits per heavy atom. The number of carbonyl (C=O) groups is 2. The molecule has 2 aromatic carbocycles. The number of cyclic esters (lactones) is 1. The maximum absolute atomic E-state index is 13.1. The molecule has 22 heavy (non-hydrogen) atoms. The third-order valence-electron chi connectivity index (χ3n) is 3.54. The Kier molecular flexibility index (Phi) is 3.87. The van der Waals surface area contributed by atoms with Crippen molar-refractivity contribution in [3.63, 3.8) is 0 Å². The number of hydrogen-bond donors (Lipinski definition) is 1. The molecule has 0 fully saturated rings. The van der Waals surface area contributed by atoms with Crippen molar-refractivity contribution in [1.29, 1.82) is 0 Å². The first-order chi connectivity index (χ1) is 10.6. The first-order valence-electron chi connectivity index (χ1n) is 6.94. The zero-order valence-electron chi connectivity index (χ0n) is 11.7. The van der Waals surface area contributed by atoms with Crippen LogP contribution in [0, 0.1) is 5.82 Å². The molecule has 0 radical (unpaired) electrons. The minimum atomic E-state index is -0.851. The molecule has 0 aromatic heterocycles. The molecule has 1 aliphatic rings. The summed E-state index contributed by atoms with van der Waals surface area (Å²) in [6, 6.07) is 13.0. The number of amides is 1. The van der Waals surface area contributed by atoms with E-state index in [1.54, 1.807) is 24.3 Å². The monoisotopic (exact) mass is 299 g/mol. The van der Waals surface area contributed by atoms with Crippen molar-refractivity contribution < 1.29 is 18.7 Å². The maximum Gasteiger partial charge on any atom is 0.339 e. The predicted molar refractivity (Wildman–Crippen MR) is 77.6 cm³/mol. The van der Waals surface area contributed by atoms with Crippen LogP contribution in [0.25, 0.3) is 0 Å². The Balaban J connectivity index is 1.65. The summed E-state index contributed by atoms with van der Waals surface area (Å²) in [4.78, 5) is 24.0. The van der Waals surface area contributed by atoms with Gasteiger partial charge in [0.25, 0.3) is 5.91 Å². The van der Waals surface area contributed by atoms with Crippen molar-refractivity contribution in [1.82, 2.24) is 5.32 Å². The van der Waals surface area contributed by atoms with Crippen LogP contribution < -0.4 is 5.32 Å². The van der Waals surface area contributed by atoms with Gasteiger partial charge in [-0.25, -0.2) is 9.18 Å². The molecule has 0 spiro atoms. The van der Waals surface area contributed by atoms with Crippen molar-refractivity contribution in [2.24, 2.45) is 0 Å². The van der Waals surface area contributed by atoms with Gasteiger partial charge in [0.1, 0.15) is 5.82 Å². The van der Waals surface area contributed by atoms with Crippen LogP contribution >= 0.6 is 0 Å². The first kappa shape index (κ1) is 14.3. The maximum atomic E-state index is 13.1. The molecule has 1 aliphatic heterocycles. The van der Waals surface area contributed by atoms with Crippen molar-refractivity contribution in [3.8, 4) is 0 Å². The minimum absolute atomic E-state index is 0.187. The molecule has 2 aromatic rings. The number of halogens is 1. The zero-order chi connectivity index (χ0) is 15.5. The molecule has 1 atom stereocenters.